The van der Waals surface area contributed by atoms with Crippen LogP contribution >= 0.6 is 0 Å². The number of nitrogens with one attached hydrogen (secondary N) is 1. The number of piperazine rings is 1. The molecule has 0 aliphatic carbocycles. The maximum atomic E-state index is 12.1. The summed E-state index contributed by atoms with van der Waals surface area (Å²) in [4.78, 5) is 26.6. The van der Waals surface area contributed by atoms with Crippen molar-refractivity contribution in [3.8, 4) is 0 Å². The van der Waals surface area contributed by atoms with Crippen LogP contribution in [0.1, 0.15) is 149 Å². The number of hydrogen-bond donors (Lipinski definition) is 1. The molecule has 0 aromatic heterocycles. The molecule has 0 aromatic rings. The highest BCUT2D eigenvalue weighted by molar-refractivity contribution is 5.69. The lowest BCUT2D eigenvalue weighted by molar-refractivity contribution is -0.146. The zero-order valence-corrected chi connectivity index (χ0v) is 25.2. The predicted molar refractivity (Wildman–Crippen MR) is 158 cm³/mol. The van der Waals surface area contributed by atoms with Crippen molar-refractivity contribution in [2.75, 3.05) is 39.4 Å². The molecule has 0 saturated carbocycles. The normalized spacial score (nSPS) is 16.0. The lowest BCUT2D eigenvalue weighted by Crippen LogP contribution is -2.52. The number of unbranched alkanes of at least 4 members (excludes halogenated alkanes) is 16. The molecule has 0 aromatic carbocycles. The van der Waals surface area contributed by atoms with Crippen molar-refractivity contribution in [3.63, 3.8) is 0 Å². The molecule has 0 amide bonds. The Labute approximate surface area is 235 Å². The summed E-state index contributed by atoms with van der Waals surface area (Å²) < 4.78 is 11.0. The first-order valence-corrected chi connectivity index (χ1v) is 16.4. The van der Waals surface area contributed by atoms with Crippen LogP contribution in [0.4, 0.5) is 0 Å². The van der Waals surface area contributed by atoms with Gasteiger partial charge in [-0.15, -0.1) is 0 Å². The van der Waals surface area contributed by atoms with Crippen LogP contribution in [0.25, 0.3) is 0 Å². The number of carbonyl (C=O) groups is 2. The Morgan fingerprint density at radius 2 is 1.11 bits per heavy atom. The summed E-state index contributed by atoms with van der Waals surface area (Å²) in [6.45, 7) is 8.95. The van der Waals surface area contributed by atoms with Gasteiger partial charge in [0.15, 0.2) is 0 Å². The van der Waals surface area contributed by atoms with E-state index >= 15 is 0 Å². The molecular formula is C32H62N2O4. The second-order valence-corrected chi connectivity index (χ2v) is 11.3. The molecule has 1 heterocycles. The van der Waals surface area contributed by atoms with E-state index in [1.54, 1.807) is 0 Å². The van der Waals surface area contributed by atoms with E-state index in [0.717, 1.165) is 58.3 Å². The fourth-order valence-electron chi connectivity index (χ4n) is 5.27. The standard InChI is InChI=1S/C32H62N2O4/c1-3-5-7-9-11-13-15-17-19-21-31(35)37-27-23-30-29-33-24-25-34(30)26-28-38-32(36)22-20-18-16-14-12-10-8-6-4-2/h30,33H,3-29H2,1-2H3. The topological polar surface area (TPSA) is 67.9 Å². The molecule has 1 aliphatic heterocycles. The SMILES string of the molecule is CCCCCCCCCCCC(=O)OCCC1CNCCN1CCOC(=O)CCCCCCCCCCC. The smallest absolute Gasteiger partial charge is 0.305 e. The highest BCUT2D eigenvalue weighted by atomic mass is 16.5. The van der Waals surface area contributed by atoms with Crippen LogP contribution in [0.2, 0.25) is 0 Å². The number of rotatable bonds is 26. The van der Waals surface area contributed by atoms with Crippen molar-refractivity contribution in [1.82, 2.24) is 10.2 Å². The molecule has 1 N–H and O–H groups in total. The Kier molecular flexibility index (Phi) is 24.0. The first-order chi connectivity index (χ1) is 18.7. The quantitative estimate of drug-likeness (QED) is 0.0904. The minimum absolute atomic E-state index is 0.0614. The summed E-state index contributed by atoms with van der Waals surface area (Å²) in [6, 6.07) is 0.320. The molecule has 0 radical (unpaired) electrons. The van der Waals surface area contributed by atoms with Crippen LogP contribution < -0.4 is 5.32 Å². The van der Waals surface area contributed by atoms with Crippen molar-refractivity contribution in [1.29, 1.82) is 0 Å². The summed E-state index contributed by atoms with van der Waals surface area (Å²) in [7, 11) is 0. The van der Waals surface area contributed by atoms with E-state index < -0.39 is 0 Å². The van der Waals surface area contributed by atoms with E-state index in [1.807, 2.05) is 0 Å². The van der Waals surface area contributed by atoms with E-state index in [9.17, 15) is 9.59 Å². The van der Waals surface area contributed by atoms with Gasteiger partial charge >= 0.3 is 11.9 Å². The molecule has 38 heavy (non-hydrogen) atoms. The average molecular weight is 539 g/mol. The summed E-state index contributed by atoms with van der Waals surface area (Å²) in [5, 5.41) is 3.44. The third kappa shape index (κ3) is 20.8. The zero-order chi connectivity index (χ0) is 27.5. The van der Waals surface area contributed by atoms with Gasteiger partial charge in [0, 0.05) is 45.1 Å². The minimum Gasteiger partial charge on any atom is -0.466 e. The molecule has 6 nitrogen and oxygen atoms in total. The second-order valence-electron chi connectivity index (χ2n) is 11.3. The molecule has 1 rings (SSSR count). The first-order valence-electron chi connectivity index (χ1n) is 16.4. The van der Waals surface area contributed by atoms with E-state index in [-0.39, 0.29) is 11.9 Å². The lowest BCUT2D eigenvalue weighted by Gasteiger charge is -2.35. The van der Waals surface area contributed by atoms with Crippen molar-refractivity contribution < 1.29 is 19.1 Å². The van der Waals surface area contributed by atoms with Gasteiger partial charge in [0.2, 0.25) is 0 Å². The summed E-state index contributed by atoms with van der Waals surface area (Å²) in [5.41, 5.74) is 0. The van der Waals surface area contributed by atoms with Gasteiger partial charge in [-0.3, -0.25) is 14.5 Å². The molecule has 224 valence electrons. The maximum Gasteiger partial charge on any atom is 0.305 e. The minimum atomic E-state index is -0.0648. The van der Waals surface area contributed by atoms with Gasteiger partial charge < -0.3 is 14.8 Å². The number of esters is 2. The molecule has 0 bridgehead atoms. The van der Waals surface area contributed by atoms with Crippen LogP contribution in [0.15, 0.2) is 0 Å². The number of nitrogens with zero attached hydrogens (tertiary/aromatic N) is 1. The lowest BCUT2D eigenvalue weighted by atomic mass is 10.1. The van der Waals surface area contributed by atoms with Crippen molar-refractivity contribution in [2.24, 2.45) is 0 Å². The third-order valence-corrected chi connectivity index (χ3v) is 7.80. The van der Waals surface area contributed by atoms with Gasteiger partial charge in [0.05, 0.1) is 6.61 Å². The van der Waals surface area contributed by atoms with Crippen LogP contribution in [0, 0.1) is 0 Å². The van der Waals surface area contributed by atoms with E-state index in [4.69, 9.17) is 9.47 Å². The Hall–Kier alpha value is -1.14. The van der Waals surface area contributed by atoms with E-state index in [2.05, 4.69) is 24.1 Å². The largest absolute Gasteiger partial charge is 0.466 e. The predicted octanol–water partition coefficient (Wildman–Crippen LogP) is 7.58. The number of carbonyl (C=O) groups excluding carboxylic acids is 2. The van der Waals surface area contributed by atoms with Crippen molar-refractivity contribution in [3.05, 3.63) is 0 Å². The fraction of sp³-hybridized carbons (Fsp3) is 0.938. The van der Waals surface area contributed by atoms with Gasteiger partial charge in [-0.05, 0) is 19.3 Å². The van der Waals surface area contributed by atoms with Crippen LogP contribution in [-0.4, -0.2) is 62.3 Å². The Bertz CT molecular complexity index is 510. The monoisotopic (exact) mass is 538 g/mol. The molecule has 1 aliphatic rings. The molecule has 1 unspecified atom stereocenters. The van der Waals surface area contributed by atoms with Crippen molar-refractivity contribution in [2.45, 2.75) is 155 Å². The molecule has 1 saturated heterocycles. The Balaban J connectivity index is 2.02. The highest BCUT2D eigenvalue weighted by Crippen LogP contribution is 2.13. The van der Waals surface area contributed by atoms with Gasteiger partial charge in [0.25, 0.3) is 0 Å². The number of hydrogen-bond acceptors (Lipinski definition) is 6. The highest BCUT2D eigenvalue weighted by Gasteiger charge is 2.22. The third-order valence-electron chi connectivity index (χ3n) is 7.80. The van der Waals surface area contributed by atoms with Crippen molar-refractivity contribution >= 4 is 11.9 Å². The molecule has 6 heteroatoms. The fourth-order valence-corrected chi connectivity index (χ4v) is 5.27. The Morgan fingerprint density at radius 3 is 1.61 bits per heavy atom. The molecule has 1 atom stereocenters. The molecule has 1 fully saturated rings. The van der Waals surface area contributed by atoms with Crippen LogP contribution in [0.5, 0.6) is 0 Å². The maximum absolute atomic E-state index is 12.1. The van der Waals surface area contributed by atoms with E-state index in [1.165, 1.54) is 89.9 Å². The van der Waals surface area contributed by atoms with Crippen LogP contribution in [0.3, 0.4) is 0 Å². The summed E-state index contributed by atoms with van der Waals surface area (Å²) >= 11 is 0. The first kappa shape index (κ1) is 34.9. The molecular weight excluding hydrogens is 476 g/mol. The average Bonchev–Trinajstić information content (AvgIpc) is 2.92. The van der Waals surface area contributed by atoms with Gasteiger partial charge in [-0.2, -0.15) is 0 Å². The summed E-state index contributed by atoms with van der Waals surface area (Å²) in [6.07, 6.45) is 24.5. The summed E-state index contributed by atoms with van der Waals surface area (Å²) in [5.74, 6) is -0.126. The number of ether oxygens (including phenoxy) is 2. The Morgan fingerprint density at radius 1 is 0.658 bits per heavy atom. The van der Waals surface area contributed by atoms with E-state index in [0.29, 0.717) is 32.1 Å². The zero-order valence-electron chi connectivity index (χ0n) is 25.2. The van der Waals surface area contributed by atoms with Crippen LogP contribution in [-0.2, 0) is 19.1 Å². The second kappa shape index (κ2) is 26.1. The van der Waals surface area contributed by atoms with Gasteiger partial charge in [-0.1, -0.05) is 117 Å². The van der Waals surface area contributed by atoms with Gasteiger partial charge in [0.1, 0.15) is 6.61 Å². The molecule has 0 spiro atoms. The van der Waals surface area contributed by atoms with Gasteiger partial charge in [-0.25, -0.2) is 0 Å².